The van der Waals surface area contributed by atoms with Gasteiger partial charge in [-0.3, -0.25) is 14.5 Å². The lowest BCUT2D eigenvalue weighted by Gasteiger charge is -2.47. The first kappa shape index (κ1) is 25.4. The van der Waals surface area contributed by atoms with E-state index in [1.54, 1.807) is 25.1 Å². The van der Waals surface area contributed by atoms with Gasteiger partial charge in [0.1, 0.15) is 5.54 Å². The number of carbonyl (C=O) groups excluding carboxylic acids is 2. The summed E-state index contributed by atoms with van der Waals surface area (Å²) in [7, 11) is -3.96. The van der Waals surface area contributed by atoms with Crippen molar-refractivity contribution < 1.29 is 18.0 Å². The number of amides is 2. The summed E-state index contributed by atoms with van der Waals surface area (Å²) >= 11 is 0. The molecule has 1 N–H and O–H groups in total. The van der Waals surface area contributed by atoms with Crippen LogP contribution in [0.3, 0.4) is 0 Å². The molecule has 35 heavy (non-hydrogen) atoms. The van der Waals surface area contributed by atoms with Gasteiger partial charge in [-0.1, -0.05) is 56.0 Å². The molecule has 7 nitrogen and oxygen atoms in total. The molecule has 1 saturated heterocycles. The molecule has 2 aliphatic rings. The highest BCUT2D eigenvalue weighted by molar-refractivity contribution is 7.89. The van der Waals surface area contributed by atoms with Crippen LogP contribution >= 0.6 is 0 Å². The lowest BCUT2D eigenvalue weighted by atomic mass is 9.92. The number of nitrogens with one attached hydrogen (secondary N) is 1. The number of carbonyl (C=O) groups is 2. The average molecular weight is 498 g/mol. The van der Waals surface area contributed by atoms with Gasteiger partial charge in [0.15, 0.2) is 0 Å². The van der Waals surface area contributed by atoms with Crippen LogP contribution < -0.4 is 10.2 Å². The van der Waals surface area contributed by atoms with Crippen molar-refractivity contribution in [3.8, 4) is 0 Å². The number of hydrogen-bond acceptors (Lipinski definition) is 4. The van der Waals surface area contributed by atoms with Crippen molar-refractivity contribution in [2.24, 2.45) is 0 Å². The van der Waals surface area contributed by atoms with E-state index in [-0.39, 0.29) is 29.9 Å². The first-order valence-corrected chi connectivity index (χ1v) is 13.8. The maximum absolute atomic E-state index is 13.9. The number of nitrogens with zero attached hydrogens (tertiary/aromatic N) is 2. The van der Waals surface area contributed by atoms with Gasteiger partial charge in [-0.25, -0.2) is 8.42 Å². The van der Waals surface area contributed by atoms with Gasteiger partial charge in [0.2, 0.25) is 21.8 Å². The Morgan fingerprint density at radius 3 is 2.31 bits per heavy atom. The highest BCUT2D eigenvalue weighted by Gasteiger charge is 2.51. The van der Waals surface area contributed by atoms with Crippen LogP contribution in [0.25, 0.3) is 0 Å². The molecule has 0 radical (unpaired) electrons. The number of aryl methyl sites for hydroxylation is 2. The normalized spacial score (nSPS) is 22.6. The third-order valence-corrected chi connectivity index (χ3v) is 9.01. The largest absolute Gasteiger partial charge is 0.351 e. The van der Waals surface area contributed by atoms with Gasteiger partial charge in [0.05, 0.1) is 11.4 Å². The van der Waals surface area contributed by atoms with Crippen LogP contribution in [0, 0.1) is 13.8 Å². The number of rotatable bonds is 5. The molecule has 8 heteroatoms. The first-order valence-electron chi connectivity index (χ1n) is 12.4. The summed E-state index contributed by atoms with van der Waals surface area (Å²) in [5.41, 5.74) is 1.06. The van der Waals surface area contributed by atoms with Crippen molar-refractivity contribution in [1.82, 2.24) is 9.62 Å². The summed E-state index contributed by atoms with van der Waals surface area (Å²) < 4.78 is 28.1. The summed E-state index contributed by atoms with van der Waals surface area (Å²) in [6.45, 7) is 5.08. The summed E-state index contributed by atoms with van der Waals surface area (Å²) in [6.07, 6.45) is 6.20. The summed E-state index contributed by atoms with van der Waals surface area (Å²) in [5, 5.41) is 3.18. The molecule has 1 unspecified atom stereocenters. The van der Waals surface area contributed by atoms with E-state index in [0.29, 0.717) is 5.69 Å². The van der Waals surface area contributed by atoms with Crippen LogP contribution in [0.5, 0.6) is 0 Å². The molecule has 188 valence electrons. The van der Waals surface area contributed by atoms with Gasteiger partial charge in [-0.05, 0) is 62.9 Å². The van der Waals surface area contributed by atoms with Crippen molar-refractivity contribution >= 4 is 27.5 Å². The number of sulfonamides is 1. The Bertz CT molecular complexity index is 1190. The lowest BCUT2D eigenvalue weighted by Crippen LogP contribution is -2.70. The van der Waals surface area contributed by atoms with Gasteiger partial charge in [-0.15, -0.1) is 0 Å². The molecule has 1 heterocycles. The third kappa shape index (κ3) is 5.14. The van der Waals surface area contributed by atoms with Crippen molar-refractivity contribution in [3.05, 3.63) is 59.7 Å². The average Bonchev–Trinajstić information content (AvgIpc) is 3.10. The maximum atomic E-state index is 13.9. The standard InChI is InChI=1S/C27H35N3O4S/c1-20-15-16-21(2)24(17-20)30-25(31)18-29(35(33,34)23-13-9-6-10-14-23)19-27(30,3)26(32)28-22-11-7-4-5-8-12-22/h6,9-10,13-17,22H,4-5,7-8,11-12,18-19H2,1-3H3,(H,28,32). The van der Waals surface area contributed by atoms with Crippen molar-refractivity contribution in [2.75, 3.05) is 18.0 Å². The molecule has 2 amide bonds. The third-order valence-electron chi connectivity index (χ3n) is 7.20. The fourth-order valence-corrected chi connectivity index (χ4v) is 6.68. The van der Waals surface area contributed by atoms with E-state index in [1.807, 2.05) is 32.0 Å². The fourth-order valence-electron chi connectivity index (χ4n) is 5.18. The Morgan fingerprint density at radius 1 is 1.00 bits per heavy atom. The topological polar surface area (TPSA) is 86.8 Å². The maximum Gasteiger partial charge on any atom is 0.247 e. The molecule has 1 aliphatic heterocycles. The van der Waals surface area contributed by atoms with Crippen molar-refractivity contribution in [2.45, 2.75) is 75.8 Å². The molecule has 1 saturated carbocycles. The quantitative estimate of drug-likeness (QED) is 0.634. The highest BCUT2D eigenvalue weighted by Crippen LogP contribution is 2.35. The second-order valence-corrected chi connectivity index (χ2v) is 12.0. The van der Waals surface area contributed by atoms with Gasteiger partial charge in [0.25, 0.3) is 0 Å². The summed E-state index contributed by atoms with van der Waals surface area (Å²) in [5.74, 6) is -0.727. The zero-order valence-electron chi connectivity index (χ0n) is 20.8. The monoisotopic (exact) mass is 497 g/mol. The molecule has 1 aliphatic carbocycles. The predicted octanol–water partition coefficient (Wildman–Crippen LogP) is 3.94. The molecule has 2 fully saturated rings. The van der Waals surface area contributed by atoms with Gasteiger partial charge in [-0.2, -0.15) is 4.31 Å². The van der Waals surface area contributed by atoms with Crippen LogP contribution in [0.15, 0.2) is 53.4 Å². The first-order chi connectivity index (χ1) is 16.6. The molecule has 2 aromatic rings. The van der Waals surface area contributed by atoms with E-state index in [9.17, 15) is 18.0 Å². The number of piperazine rings is 1. The zero-order chi connectivity index (χ0) is 25.2. The fraction of sp³-hybridized carbons (Fsp3) is 0.481. The molecular formula is C27H35N3O4S. The Morgan fingerprint density at radius 2 is 1.66 bits per heavy atom. The minimum absolute atomic E-state index is 0.0264. The lowest BCUT2D eigenvalue weighted by molar-refractivity contribution is -0.133. The van der Waals surface area contributed by atoms with Crippen molar-refractivity contribution in [1.29, 1.82) is 0 Å². The summed E-state index contributed by atoms with van der Waals surface area (Å²) in [4.78, 5) is 29.2. The Hall–Kier alpha value is -2.71. The van der Waals surface area contributed by atoms with Crippen LogP contribution in [-0.4, -0.2) is 49.2 Å². The van der Waals surface area contributed by atoms with E-state index >= 15 is 0 Å². The van der Waals surface area contributed by atoms with Crippen LogP contribution in [0.1, 0.15) is 56.6 Å². The smallest absolute Gasteiger partial charge is 0.247 e. The van der Waals surface area contributed by atoms with Gasteiger partial charge < -0.3 is 5.32 Å². The highest BCUT2D eigenvalue weighted by atomic mass is 32.2. The molecule has 0 bridgehead atoms. The van der Waals surface area contributed by atoms with E-state index in [0.717, 1.165) is 54.0 Å². The Kier molecular flexibility index (Phi) is 7.33. The second kappa shape index (κ2) is 10.1. The molecule has 2 aromatic carbocycles. The van der Waals surface area contributed by atoms with Crippen LogP contribution in [0.2, 0.25) is 0 Å². The van der Waals surface area contributed by atoms with E-state index in [2.05, 4.69) is 5.32 Å². The Labute approximate surface area is 208 Å². The van der Waals surface area contributed by atoms with E-state index in [1.165, 1.54) is 17.0 Å². The number of benzene rings is 2. The van der Waals surface area contributed by atoms with E-state index in [4.69, 9.17) is 0 Å². The van der Waals surface area contributed by atoms with Crippen molar-refractivity contribution in [3.63, 3.8) is 0 Å². The second-order valence-electron chi connectivity index (χ2n) is 10.0. The van der Waals surface area contributed by atoms with E-state index < -0.39 is 21.5 Å². The van der Waals surface area contributed by atoms with Gasteiger partial charge in [0, 0.05) is 18.3 Å². The van der Waals surface area contributed by atoms with Crippen LogP contribution in [-0.2, 0) is 19.6 Å². The SMILES string of the molecule is Cc1ccc(C)c(N2C(=O)CN(S(=O)(=O)c3ccccc3)CC2(C)C(=O)NC2CCCCCC2)c1. The minimum atomic E-state index is -3.96. The number of hydrogen-bond donors (Lipinski definition) is 1. The molecule has 4 rings (SSSR count). The predicted molar refractivity (Wildman–Crippen MR) is 137 cm³/mol. The van der Waals surface area contributed by atoms with Gasteiger partial charge >= 0.3 is 0 Å². The molecular weight excluding hydrogens is 462 g/mol. The molecule has 0 spiro atoms. The molecule has 0 aromatic heterocycles. The van der Waals surface area contributed by atoms with Crippen LogP contribution in [0.4, 0.5) is 5.69 Å². The zero-order valence-corrected chi connectivity index (χ0v) is 21.6. The number of anilines is 1. The minimum Gasteiger partial charge on any atom is -0.351 e. The molecule has 1 atom stereocenters. The Balaban J connectivity index is 1.74. The summed E-state index contributed by atoms with van der Waals surface area (Å²) in [6, 6.07) is 13.9.